The Kier molecular flexibility index (Phi) is 6.21. The number of hydrogen-bond donors (Lipinski definition) is 0. The average molecular weight is 444 g/mol. The van der Waals surface area contributed by atoms with Crippen LogP contribution in [0.3, 0.4) is 0 Å². The predicted molar refractivity (Wildman–Crippen MR) is 126 cm³/mol. The predicted octanol–water partition coefficient (Wildman–Crippen LogP) is 2.45. The van der Waals surface area contributed by atoms with Gasteiger partial charge in [-0.2, -0.15) is 0 Å². The molecule has 2 saturated heterocycles. The van der Waals surface area contributed by atoms with Crippen molar-refractivity contribution < 1.29 is 4.79 Å². The molecule has 7 nitrogen and oxygen atoms in total. The number of fused-ring (bicyclic) bond motifs is 1. The van der Waals surface area contributed by atoms with Crippen LogP contribution in [0.2, 0.25) is 0 Å². The molecule has 2 aromatic rings. The van der Waals surface area contributed by atoms with Crippen molar-refractivity contribution in [2.24, 2.45) is 0 Å². The Bertz CT molecular complexity index is 1070. The second-order valence-corrected chi connectivity index (χ2v) is 9.01. The third-order valence-electron chi connectivity index (χ3n) is 5.46. The third-order valence-corrected chi connectivity index (χ3v) is 6.84. The highest BCUT2D eigenvalue weighted by Gasteiger charge is 2.32. The fraction of sp³-hybridized carbons (Fsp3) is 0.429. The summed E-state index contributed by atoms with van der Waals surface area (Å²) in [5, 5.41) is 0. The molecule has 158 valence electrons. The van der Waals surface area contributed by atoms with E-state index in [1.807, 2.05) is 19.1 Å². The minimum atomic E-state index is -0.172. The van der Waals surface area contributed by atoms with Crippen LogP contribution in [0.15, 0.2) is 34.1 Å². The SMILES string of the molecule is CCCN1C(=O)C(=Cc2c(N3CCN(CC)CC3)nc3ccccn3c2=O)SC1=S. The van der Waals surface area contributed by atoms with Crippen molar-refractivity contribution in [2.75, 3.05) is 44.2 Å². The van der Waals surface area contributed by atoms with Crippen LogP contribution in [-0.2, 0) is 4.79 Å². The Morgan fingerprint density at radius 3 is 2.63 bits per heavy atom. The summed E-state index contributed by atoms with van der Waals surface area (Å²) in [6.45, 7) is 9.18. The first kappa shape index (κ1) is 21.0. The molecule has 30 heavy (non-hydrogen) atoms. The normalized spacial score (nSPS) is 19.5. The molecule has 2 fully saturated rings. The lowest BCUT2D eigenvalue weighted by Gasteiger charge is -2.35. The molecular weight excluding hydrogens is 418 g/mol. The van der Waals surface area contributed by atoms with Gasteiger partial charge in [0.1, 0.15) is 15.8 Å². The second-order valence-electron chi connectivity index (χ2n) is 7.34. The Labute approximate surface area is 185 Å². The van der Waals surface area contributed by atoms with Gasteiger partial charge in [0.25, 0.3) is 11.5 Å². The summed E-state index contributed by atoms with van der Waals surface area (Å²) in [4.78, 5) is 37.7. The number of aromatic nitrogens is 2. The van der Waals surface area contributed by atoms with E-state index in [2.05, 4.69) is 16.7 Å². The second kappa shape index (κ2) is 8.87. The van der Waals surface area contributed by atoms with Crippen molar-refractivity contribution in [1.29, 1.82) is 0 Å². The van der Waals surface area contributed by atoms with E-state index >= 15 is 0 Å². The molecule has 0 radical (unpaired) electrons. The number of amides is 1. The molecule has 1 amide bonds. The van der Waals surface area contributed by atoms with Crippen molar-refractivity contribution in [3.63, 3.8) is 0 Å². The Morgan fingerprint density at radius 2 is 1.93 bits per heavy atom. The molecule has 0 atom stereocenters. The summed E-state index contributed by atoms with van der Waals surface area (Å²) in [5.41, 5.74) is 0.876. The molecule has 9 heteroatoms. The summed E-state index contributed by atoms with van der Waals surface area (Å²) < 4.78 is 2.07. The highest BCUT2D eigenvalue weighted by molar-refractivity contribution is 8.26. The van der Waals surface area contributed by atoms with E-state index in [0.717, 1.165) is 39.1 Å². The van der Waals surface area contributed by atoms with Gasteiger partial charge < -0.3 is 9.80 Å². The van der Waals surface area contributed by atoms with Gasteiger partial charge in [-0.25, -0.2) is 4.98 Å². The molecular formula is C21H25N5O2S2. The van der Waals surface area contributed by atoms with Crippen LogP contribution in [0.25, 0.3) is 11.7 Å². The molecule has 4 heterocycles. The lowest BCUT2D eigenvalue weighted by atomic mass is 10.2. The molecule has 0 bridgehead atoms. The largest absolute Gasteiger partial charge is 0.353 e. The number of anilines is 1. The first-order valence-electron chi connectivity index (χ1n) is 10.3. The summed E-state index contributed by atoms with van der Waals surface area (Å²) in [7, 11) is 0. The first-order valence-corrected chi connectivity index (χ1v) is 11.5. The number of piperazine rings is 1. The van der Waals surface area contributed by atoms with Crippen molar-refractivity contribution in [1.82, 2.24) is 19.2 Å². The number of likely N-dealkylation sites (N-methyl/N-ethyl adjacent to an activating group) is 1. The van der Waals surface area contributed by atoms with Crippen LogP contribution >= 0.6 is 24.0 Å². The van der Waals surface area contributed by atoms with Gasteiger partial charge in [-0.3, -0.25) is 18.9 Å². The van der Waals surface area contributed by atoms with E-state index in [0.29, 0.717) is 32.8 Å². The highest BCUT2D eigenvalue weighted by atomic mass is 32.2. The number of hydrogen-bond acceptors (Lipinski definition) is 7. The maximum absolute atomic E-state index is 13.4. The highest BCUT2D eigenvalue weighted by Crippen LogP contribution is 2.33. The van der Waals surface area contributed by atoms with Crippen LogP contribution in [0.4, 0.5) is 5.82 Å². The zero-order valence-corrected chi connectivity index (χ0v) is 18.8. The van der Waals surface area contributed by atoms with Crippen LogP contribution < -0.4 is 10.5 Å². The molecule has 2 aromatic heterocycles. The Balaban J connectivity index is 1.80. The lowest BCUT2D eigenvalue weighted by molar-refractivity contribution is -0.122. The topological polar surface area (TPSA) is 61.2 Å². The van der Waals surface area contributed by atoms with Gasteiger partial charge in [0.2, 0.25) is 0 Å². The molecule has 0 aromatic carbocycles. The summed E-state index contributed by atoms with van der Waals surface area (Å²) in [6, 6.07) is 5.51. The number of thiocarbonyl (C=S) groups is 1. The van der Waals surface area contributed by atoms with E-state index in [9.17, 15) is 9.59 Å². The van der Waals surface area contributed by atoms with Crippen LogP contribution in [-0.4, -0.2) is 68.7 Å². The van der Waals surface area contributed by atoms with Gasteiger partial charge >= 0.3 is 0 Å². The van der Waals surface area contributed by atoms with Crippen molar-refractivity contribution >= 4 is 51.7 Å². The molecule has 0 aliphatic carbocycles. The molecule has 0 unspecified atom stereocenters. The quantitative estimate of drug-likeness (QED) is 0.520. The molecule has 0 N–H and O–H groups in total. The smallest absolute Gasteiger partial charge is 0.267 e. The molecule has 4 rings (SSSR count). The van der Waals surface area contributed by atoms with Gasteiger partial charge in [0.05, 0.1) is 10.5 Å². The monoisotopic (exact) mass is 443 g/mol. The average Bonchev–Trinajstić information content (AvgIpc) is 3.03. The van der Waals surface area contributed by atoms with Gasteiger partial charge in [-0.05, 0) is 31.2 Å². The first-order chi connectivity index (χ1) is 14.5. The molecule has 0 saturated carbocycles. The zero-order chi connectivity index (χ0) is 21.3. The van der Waals surface area contributed by atoms with Crippen molar-refractivity contribution in [3.05, 3.63) is 45.2 Å². The third kappa shape index (κ3) is 3.89. The maximum Gasteiger partial charge on any atom is 0.267 e. The minimum absolute atomic E-state index is 0.133. The molecule has 2 aliphatic rings. The van der Waals surface area contributed by atoms with E-state index in [-0.39, 0.29) is 11.5 Å². The van der Waals surface area contributed by atoms with E-state index < -0.39 is 0 Å². The van der Waals surface area contributed by atoms with Crippen LogP contribution in [0, 0.1) is 0 Å². The van der Waals surface area contributed by atoms with Crippen molar-refractivity contribution in [2.45, 2.75) is 20.3 Å². The Hall–Kier alpha value is -2.23. The lowest BCUT2D eigenvalue weighted by Crippen LogP contribution is -2.47. The number of rotatable bonds is 5. The zero-order valence-electron chi connectivity index (χ0n) is 17.2. The fourth-order valence-corrected chi connectivity index (χ4v) is 5.07. The molecule has 0 spiro atoms. The van der Waals surface area contributed by atoms with E-state index in [4.69, 9.17) is 17.2 Å². The van der Waals surface area contributed by atoms with Gasteiger partial charge in [0.15, 0.2) is 0 Å². The minimum Gasteiger partial charge on any atom is -0.353 e. The number of thioether (sulfide) groups is 1. The number of pyridine rings is 1. The van der Waals surface area contributed by atoms with Crippen LogP contribution in [0.1, 0.15) is 25.8 Å². The number of carbonyl (C=O) groups excluding carboxylic acids is 1. The van der Waals surface area contributed by atoms with E-state index in [1.165, 1.54) is 16.2 Å². The van der Waals surface area contributed by atoms with Gasteiger partial charge in [0, 0.05) is 38.9 Å². The standard InChI is InChI=1S/C21H25N5O2S2/c1-3-8-26-20(28)16(30-21(26)29)14-15-18(24-12-10-23(4-2)11-13-24)22-17-7-5-6-9-25(17)19(15)27/h5-7,9,14H,3-4,8,10-13H2,1-2H3. The summed E-state index contributed by atoms with van der Waals surface area (Å²) in [5.74, 6) is 0.508. The number of nitrogens with zero attached hydrogens (tertiary/aromatic N) is 5. The summed E-state index contributed by atoms with van der Waals surface area (Å²) in [6.07, 6.45) is 4.22. The summed E-state index contributed by atoms with van der Waals surface area (Å²) >= 11 is 6.64. The van der Waals surface area contributed by atoms with E-state index in [1.54, 1.807) is 23.2 Å². The maximum atomic E-state index is 13.4. The molecule has 2 aliphatic heterocycles. The van der Waals surface area contributed by atoms with Gasteiger partial charge in [-0.15, -0.1) is 0 Å². The fourth-order valence-electron chi connectivity index (χ4n) is 3.78. The van der Waals surface area contributed by atoms with Crippen molar-refractivity contribution in [3.8, 4) is 0 Å². The number of carbonyl (C=O) groups is 1. The van der Waals surface area contributed by atoms with Crippen LogP contribution in [0.5, 0.6) is 0 Å². The Morgan fingerprint density at radius 1 is 1.17 bits per heavy atom. The van der Waals surface area contributed by atoms with Gasteiger partial charge in [-0.1, -0.05) is 43.9 Å².